The van der Waals surface area contributed by atoms with Crippen LogP contribution in [0.4, 0.5) is 0 Å². The number of esters is 1. The third-order valence-electron chi connectivity index (χ3n) is 3.39. The van der Waals surface area contributed by atoms with Gasteiger partial charge >= 0.3 is 5.97 Å². The summed E-state index contributed by atoms with van der Waals surface area (Å²) in [4.78, 5) is 15.2. The van der Waals surface area contributed by atoms with Gasteiger partial charge in [-0.05, 0) is 50.2 Å². The van der Waals surface area contributed by atoms with Crippen molar-refractivity contribution in [3.8, 4) is 0 Å². The number of H-pyrrole nitrogens is 1. The first-order valence-electron chi connectivity index (χ1n) is 6.67. The molecule has 1 aromatic rings. The van der Waals surface area contributed by atoms with E-state index in [0.29, 0.717) is 12.3 Å². The number of aromatic amines is 1. The molecule has 0 aromatic carbocycles. The van der Waals surface area contributed by atoms with Gasteiger partial charge in [-0.3, -0.25) is 0 Å². The fourth-order valence-corrected chi connectivity index (χ4v) is 2.66. The Labute approximate surface area is 103 Å². The van der Waals surface area contributed by atoms with Crippen molar-refractivity contribution >= 4 is 5.97 Å². The van der Waals surface area contributed by atoms with Gasteiger partial charge in [0.25, 0.3) is 0 Å². The zero-order chi connectivity index (χ0) is 12.3. The molecule has 1 aliphatic carbocycles. The van der Waals surface area contributed by atoms with E-state index in [2.05, 4.69) is 11.9 Å². The number of ether oxygens (including phenoxy) is 1. The van der Waals surface area contributed by atoms with Crippen LogP contribution in [0, 0.1) is 0 Å². The number of hydrogen-bond acceptors (Lipinski definition) is 2. The van der Waals surface area contributed by atoms with Crippen LogP contribution in [0.15, 0.2) is 0 Å². The molecule has 3 nitrogen and oxygen atoms in total. The summed E-state index contributed by atoms with van der Waals surface area (Å²) in [6.07, 6.45) is 6.69. The lowest BCUT2D eigenvalue weighted by Gasteiger charge is -2.12. The number of nitrogens with one attached hydrogen (secondary N) is 1. The number of aromatic nitrogens is 1. The van der Waals surface area contributed by atoms with Gasteiger partial charge in [-0.25, -0.2) is 4.79 Å². The molecule has 3 heteroatoms. The summed E-state index contributed by atoms with van der Waals surface area (Å²) >= 11 is 0. The van der Waals surface area contributed by atoms with Gasteiger partial charge < -0.3 is 9.72 Å². The molecule has 0 saturated heterocycles. The molecule has 94 valence electrons. The minimum Gasteiger partial charge on any atom is -0.461 e. The quantitative estimate of drug-likeness (QED) is 0.815. The topological polar surface area (TPSA) is 42.1 Å². The van der Waals surface area contributed by atoms with Gasteiger partial charge in [0.2, 0.25) is 0 Å². The molecule has 17 heavy (non-hydrogen) atoms. The Kier molecular flexibility index (Phi) is 3.87. The molecule has 0 bridgehead atoms. The van der Waals surface area contributed by atoms with E-state index in [0.717, 1.165) is 25.7 Å². The van der Waals surface area contributed by atoms with E-state index < -0.39 is 0 Å². The summed E-state index contributed by atoms with van der Waals surface area (Å²) in [6, 6.07) is 0. The van der Waals surface area contributed by atoms with E-state index >= 15 is 0 Å². The Balaban J connectivity index is 2.36. The Morgan fingerprint density at radius 2 is 2.06 bits per heavy atom. The molecule has 0 radical (unpaired) electrons. The van der Waals surface area contributed by atoms with Gasteiger partial charge in [0.15, 0.2) is 0 Å². The minimum atomic E-state index is -0.189. The van der Waals surface area contributed by atoms with Gasteiger partial charge in [-0.1, -0.05) is 13.3 Å². The molecule has 0 amide bonds. The molecule has 0 unspecified atom stereocenters. The molecule has 1 heterocycles. The molecule has 0 atom stereocenters. The monoisotopic (exact) mass is 235 g/mol. The van der Waals surface area contributed by atoms with Crippen molar-refractivity contribution in [2.75, 3.05) is 6.61 Å². The normalized spacial score (nSPS) is 14.5. The van der Waals surface area contributed by atoms with Crippen LogP contribution in [0.5, 0.6) is 0 Å². The SMILES string of the molecule is CCCc1c(C(=O)OCC)[nH]c2c1CCCC2. The van der Waals surface area contributed by atoms with Crippen molar-refractivity contribution in [3.05, 3.63) is 22.5 Å². The first kappa shape index (κ1) is 12.2. The van der Waals surface area contributed by atoms with Crippen LogP contribution in [0.25, 0.3) is 0 Å². The third kappa shape index (κ3) is 2.38. The van der Waals surface area contributed by atoms with Crippen LogP contribution in [-0.2, 0) is 24.0 Å². The van der Waals surface area contributed by atoms with Crippen molar-refractivity contribution in [1.82, 2.24) is 4.98 Å². The molecular formula is C14H21NO2. The van der Waals surface area contributed by atoms with E-state index in [1.807, 2.05) is 6.92 Å². The van der Waals surface area contributed by atoms with Crippen LogP contribution in [0.1, 0.15) is 60.4 Å². The first-order valence-corrected chi connectivity index (χ1v) is 6.67. The lowest BCUT2D eigenvalue weighted by molar-refractivity contribution is 0.0518. The zero-order valence-corrected chi connectivity index (χ0v) is 10.8. The smallest absolute Gasteiger partial charge is 0.355 e. The predicted molar refractivity (Wildman–Crippen MR) is 67.4 cm³/mol. The second-order valence-electron chi connectivity index (χ2n) is 4.61. The average molecular weight is 235 g/mol. The van der Waals surface area contributed by atoms with Gasteiger partial charge in [-0.15, -0.1) is 0 Å². The standard InChI is InChI=1S/C14H21NO2/c1-3-7-11-10-8-5-6-9-12(10)15-13(11)14(16)17-4-2/h15H,3-9H2,1-2H3. The van der Waals surface area contributed by atoms with Crippen LogP contribution in [0.2, 0.25) is 0 Å². The fraction of sp³-hybridized carbons (Fsp3) is 0.643. The van der Waals surface area contributed by atoms with Crippen molar-refractivity contribution in [2.24, 2.45) is 0 Å². The molecule has 0 spiro atoms. The number of aryl methyl sites for hydroxylation is 1. The second-order valence-corrected chi connectivity index (χ2v) is 4.61. The number of carbonyl (C=O) groups excluding carboxylic acids is 1. The van der Waals surface area contributed by atoms with E-state index in [-0.39, 0.29) is 5.97 Å². The van der Waals surface area contributed by atoms with E-state index in [1.54, 1.807) is 0 Å². The lowest BCUT2D eigenvalue weighted by Crippen LogP contribution is -2.08. The van der Waals surface area contributed by atoms with Crippen LogP contribution in [0.3, 0.4) is 0 Å². The molecule has 0 fully saturated rings. The van der Waals surface area contributed by atoms with Gasteiger partial charge in [-0.2, -0.15) is 0 Å². The highest BCUT2D eigenvalue weighted by Gasteiger charge is 2.23. The maximum atomic E-state index is 11.9. The van der Waals surface area contributed by atoms with Gasteiger partial charge in [0, 0.05) is 5.69 Å². The predicted octanol–water partition coefficient (Wildman–Crippen LogP) is 3.02. The minimum absolute atomic E-state index is 0.189. The Bertz CT molecular complexity index is 407. The van der Waals surface area contributed by atoms with Crippen molar-refractivity contribution in [2.45, 2.75) is 52.4 Å². The third-order valence-corrected chi connectivity index (χ3v) is 3.39. The molecule has 0 saturated carbocycles. The summed E-state index contributed by atoms with van der Waals surface area (Å²) in [7, 11) is 0. The van der Waals surface area contributed by atoms with Gasteiger partial charge in [0.1, 0.15) is 5.69 Å². The highest BCUT2D eigenvalue weighted by molar-refractivity contribution is 5.90. The number of hydrogen-bond donors (Lipinski definition) is 1. The highest BCUT2D eigenvalue weighted by Crippen LogP contribution is 2.28. The second kappa shape index (κ2) is 5.39. The van der Waals surface area contributed by atoms with Crippen LogP contribution >= 0.6 is 0 Å². The fourth-order valence-electron chi connectivity index (χ4n) is 2.66. The first-order chi connectivity index (χ1) is 8.27. The molecule has 0 aliphatic heterocycles. The van der Waals surface area contributed by atoms with Crippen molar-refractivity contribution in [1.29, 1.82) is 0 Å². The van der Waals surface area contributed by atoms with E-state index in [9.17, 15) is 4.79 Å². The Morgan fingerprint density at radius 3 is 2.76 bits per heavy atom. The maximum Gasteiger partial charge on any atom is 0.355 e. The number of rotatable bonds is 4. The molecule has 1 aromatic heterocycles. The lowest BCUT2D eigenvalue weighted by atomic mass is 9.93. The summed E-state index contributed by atoms with van der Waals surface area (Å²) in [5.74, 6) is -0.189. The maximum absolute atomic E-state index is 11.9. The highest BCUT2D eigenvalue weighted by atomic mass is 16.5. The molecule has 2 rings (SSSR count). The summed E-state index contributed by atoms with van der Waals surface area (Å²) in [6.45, 7) is 4.44. The zero-order valence-electron chi connectivity index (χ0n) is 10.8. The average Bonchev–Trinajstić information content (AvgIpc) is 2.70. The number of carbonyl (C=O) groups is 1. The molecular weight excluding hydrogens is 214 g/mol. The van der Waals surface area contributed by atoms with Crippen LogP contribution < -0.4 is 0 Å². The van der Waals surface area contributed by atoms with E-state index in [4.69, 9.17) is 4.74 Å². The summed E-state index contributed by atoms with van der Waals surface area (Å²) < 4.78 is 5.12. The Morgan fingerprint density at radius 1 is 1.29 bits per heavy atom. The summed E-state index contributed by atoms with van der Waals surface area (Å²) in [5.41, 5.74) is 4.57. The van der Waals surface area contributed by atoms with Gasteiger partial charge in [0.05, 0.1) is 6.61 Å². The van der Waals surface area contributed by atoms with E-state index in [1.165, 1.54) is 29.7 Å². The number of fused-ring (bicyclic) bond motifs is 1. The molecule has 1 aliphatic rings. The van der Waals surface area contributed by atoms with Crippen LogP contribution in [-0.4, -0.2) is 17.6 Å². The Hall–Kier alpha value is -1.25. The van der Waals surface area contributed by atoms with Crippen molar-refractivity contribution in [3.63, 3.8) is 0 Å². The molecule has 1 N–H and O–H groups in total. The largest absolute Gasteiger partial charge is 0.461 e. The van der Waals surface area contributed by atoms with Crippen molar-refractivity contribution < 1.29 is 9.53 Å². The summed E-state index contributed by atoms with van der Waals surface area (Å²) in [5, 5.41) is 0.